The van der Waals surface area contributed by atoms with Crippen LogP contribution >= 0.6 is 15.9 Å². The fraction of sp³-hybridized carbons (Fsp3) is 0.0909. The Bertz CT molecular complexity index is 1220. The van der Waals surface area contributed by atoms with E-state index in [-0.39, 0.29) is 22.3 Å². The molecule has 0 aromatic heterocycles. The predicted molar refractivity (Wildman–Crippen MR) is 121 cm³/mol. The lowest BCUT2D eigenvalue weighted by atomic mass is 10.2. The van der Waals surface area contributed by atoms with Crippen molar-refractivity contribution in [2.45, 2.75) is 11.8 Å². The van der Waals surface area contributed by atoms with Crippen LogP contribution in [0.25, 0.3) is 0 Å². The van der Waals surface area contributed by atoms with Gasteiger partial charge in [-0.2, -0.15) is 13.5 Å². The van der Waals surface area contributed by atoms with E-state index in [4.69, 9.17) is 8.92 Å². The predicted octanol–water partition coefficient (Wildman–Crippen LogP) is 4.30. The second kappa shape index (κ2) is 9.76. The second-order valence-corrected chi connectivity index (χ2v) is 8.84. The fourth-order valence-corrected chi connectivity index (χ4v) is 3.98. The van der Waals surface area contributed by atoms with Gasteiger partial charge in [0.15, 0.2) is 11.5 Å². The molecule has 0 radical (unpaired) electrons. The van der Waals surface area contributed by atoms with Crippen LogP contribution in [0.15, 0.2) is 81.2 Å². The maximum absolute atomic E-state index is 12.5. The first-order chi connectivity index (χ1) is 14.8. The monoisotopic (exact) mass is 502 g/mol. The molecule has 1 amide bonds. The Kier molecular flexibility index (Phi) is 7.09. The van der Waals surface area contributed by atoms with Crippen molar-refractivity contribution in [3.8, 4) is 11.5 Å². The van der Waals surface area contributed by atoms with Crippen molar-refractivity contribution in [3.63, 3.8) is 0 Å². The van der Waals surface area contributed by atoms with E-state index in [2.05, 4.69) is 26.5 Å². The first kappa shape index (κ1) is 22.5. The van der Waals surface area contributed by atoms with Crippen LogP contribution in [0.4, 0.5) is 0 Å². The molecule has 0 unspecified atom stereocenters. The van der Waals surface area contributed by atoms with Crippen LogP contribution in [0, 0.1) is 6.92 Å². The third-order valence-electron chi connectivity index (χ3n) is 4.20. The van der Waals surface area contributed by atoms with E-state index in [0.717, 1.165) is 5.56 Å². The van der Waals surface area contributed by atoms with Crippen molar-refractivity contribution in [2.24, 2.45) is 5.10 Å². The Morgan fingerprint density at radius 3 is 2.42 bits per heavy atom. The Hall–Kier alpha value is -3.17. The number of ether oxygens (including phenoxy) is 1. The van der Waals surface area contributed by atoms with Crippen molar-refractivity contribution < 1.29 is 22.1 Å². The minimum absolute atomic E-state index is 0.0393. The van der Waals surface area contributed by atoms with E-state index in [1.165, 1.54) is 31.5 Å². The minimum atomic E-state index is -4.01. The largest absolute Gasteiger partial charge is 0.493 e. The maximum atomic E-state index is 12.5. The molecule has 9 heteroatoms. The molecule has 3 aromatic carbocycles. The van der Waals surface area contributed by atoms with Crippen LogP contribution in [0.3, 0.4) is 0 Å². The van der Waals surface area contributed by atoms with Gasteiger partial charge in [0.25, 0.3) is 5.91 Å². The quantitative estimate of drug-likeness (QED) is 0.295. The van der Waals surface area contributed by atoms with Crippen LogP contribution in [0.1, 0.15) is 21.5 Å². The number of hydrogen-bond acceptors (Lipinski definition) is 6. The number of carbonyl (C=O) groups excluding carboxylic acids is 1. The molecule has 0 atom stereocenters. The molecular weight excluding hydrogens is 484 g/mol. The summed E-state index contributed by atoms with van der Waals surface area (Å²) in [5, 5.41) is 3.93. The maximum Gasteiger partial charge on any atom is 0.339 e. The molecule has 0 aliphatic heterocycles. The number of benzene rings is 3. The van der Waals surface area contributed by atoms with E-state index in [9.17, 15) is 13.2 Å². The molecule has 1 N–H and O–H groups in total. The standard InChI is InChI=1S/C22H19BrN2O5S/c1-15-7-10-17(11-8-15)31(27,28)30-20-12-9-16(13-21(20)29-2)14-24-25-22(26)18-5-3-4-6-19(18)23/h3-14H,1-2H3,(H,25,26)/b24-14+. The highest BCUT2D eigenvalue weighted by atomic mass is 79.9. The number of hydrogen-bond donors (Lipinski definition) is 1. The SMILES string of the molecule is COc1cc(/C=N/NC(=O)c2ccccc2Br)ccc1OS(=O)(=O)c1ccc(C)cc1. The molecule has 0 bridgehead atoms. The average molecular weight is 503 g/mol. The lowest BCUT2D eigenvalue weighted by Crippen LogP contribution is -2.18. The molecule has 0 saturated carbocycles. The molecule has 0 saturated heterocycles. The lowest BCUT2D eigenvalue weighted by Gasteiger charge is -2.11. The number of nitrogens with zero attached hydrogens (tertiary/aromatic N) is 1. The average Bonchev–Trinajstić information content (AvgIpc) is 2.75. The Morgan fingerprint density at radius 1 is 1.03 bits per heavy atom. The Balaban J connectivity index is 1.74. The summed E-state index contributed by atoms with van der Waals surface area (Å²) in [6.45, 7) is 1.86. The van der Waals surface area contributed by atoms with Crippen molar-refractivity contribution in [1.29, 1.82) is 0 Å². The van der Waals surface area contributed by atoms with Crippen molar-refractivity contribution >= 4 is 38.2 Å². The first-order valence-corrected chi connectivity index (χ1v) is 11.3. The molecule has 0 aliphatic rings. The molecule has 0 heterocycles. The molecule has 160 valence electrons. The van der Waals surface area contributed by atoms with Gasteiger partial charge in [-0.15, -0.1) is 0 Å². The first-order valence-electron chi connectivity index (χ1n) is 9.07. The van der Waals surface area contributed by atoms with Crippen molar-refractivity contribution in [2.75, 3.05) is 7.11 Å². The highest BCUT2D eigenvalue weighted by Gasteiger charge is 2.19. The summed E-state index contributed by atoms with van der Waals surface area (Å²) >= 11 is 3.31. The number of aryl methyl sites for hydroxylation is 1. The van der Waals surface area contributed by atoms with Gasteiger partial charge in [0.1, 0.15) is 4.90 Å². The van der Waals surface area contributed by atoms with Crippen molar-refractivity contribution in [3.05, 3.63) is 87.9 Å². The summed E-state index contributed by atoms with van der Waals surface area (Å²) in [4.78, 5) is 12.2. The highest BCUT2D eigenvalue weighted by molar-refractivity contribution is 9.10. The van der Waals surface area contributed by atoms with Gasteiger partial charge in [-0.25, -0.2) is 5.43 Å². The van der Waals surface area contributed by atoms with Crippen LogP contribution in [0.5, 0.6) is 11.5 Å². The zero-order valence-corrected chi connectivity index (χ0v) is 19.1. The second-order valence-electron chi connectivity index (χ2n) is 6.44. The van der Waals surface area contributed by atoms with Gasteiger partial charge in [-0.3, -0.25) is 4.79 Å². The molecule has 0 spiro atoms. The summed E-state index contributed by atoms with van der Waals surface area (Å²) in [5.41, 5.74) is 4.39. The number of nitrogens with one attached hydrogen (secondary N) is 1. The van der Waals surface area contributed by atoms with Gasteiger partial charge in [0.2, 0.25) is 0 Å². The molecule has 0 aliphatic carbocycles. The molecule has 3 rings (SSSR count). The summed E-state index contributed by atoms with van der Waals surface area (Å²) in [7, 11) is -2.61. The minimum Gasteiger partial charge on any atom is -0.493 e. The number of methoxy groups -OCH3 is 1. The van der Waals surface area contributed by atoms with E-state index in [1.807, 2.05) is 6.92 Å². The van der Waals surface area contributed by atoms with Crippen LogP contribution in [-0.2, 0) is 10.1 Å². The normalized spacial score (nSPS) is 11.3. The van der Waals surface area contributed by atoms with Gasteiger partial charge in [-0.05, 0) is 70.9 Å². The molecule has 7 nitrogen and oxygen atoms in total. The number of carbonyl (C=O) groups is 1. The number of halogens is 1. The Morgan fingerprint density at radius 2 is 1.74 bits per heavy atom. The van der Waals surface area contributed by atoms with E-state index in [1.54, 1.807) is 48.5 Å². The summed E-state index contributed by atoms with van der Waals surface area (Å²) in [6, 6.07) is 17.9. The van der Waals surface area contributed by atoms with Gasteiger partial charge >= 0.3 is 10.1 Å². The van der Waals surface area contributed by atoms with Gasteiger partial charge < -0.3 is 8.92 Å². The molecule has 3 aromatic rings. The molecular formula is C22H19BrN2O5S. The van der Waals surface area contributed by atoms with Crippen LogP contribution in [-0.4, -0.2) is 27.6 Å². The van der Waals surface area contributed by atoms with Crippen molar-refractivity contribution in [1.82, 2.24) is 5.43 Å². The Labute approximate surface area is 189 Å². The van der Waals surface area contributed by atoms with E-state index in [0.29, 0.717) is 15.6 Å². The number of hydrazone groups is 1. The summed E-state index contributed by atoms with van der Waals surface area (Å²) < 4.78 is 36.2. The van der Waals surface area contributed by atoms with Gasteiger partial charge in [0, 0.05) is 4.47 Å². The smallest absolute Gasteiger partial charge is 0.339 e. The lowest BCUT2D eigenvalue weighted by molar-refractivity contribution is 0.0954. The number of amides is 1. The topological polar surface area (TPSA) is 94.1 Å². The highest BCUT2D eigenvalue weighted by Crippen LogP contribution is 2.30. The van der Waals surface area contributed by atoms with Crippen LogP contribution < -0.4 is 14.3 Å². The summed E-state index contributed by atoms with van der Waals surface area (Å²) in [6.07, 6.45) is 1.41. The fourth-order valence-electron chi connectivity index (χ4n) is 2.58. The third-order valence-corrected chi connectivity index (χ3v) is 6.14. The van der Waals surface area contributed by atoms with Gasteiger partial charge in [-0.1, -0.05) is 29.8 Å². The third kappa shape index (κ3) is 5.71. The van der Waals surface area contributed by atoms with E-state index < -0.39 is 10.1 Å². The van der Waals surface area contributed by atoms with Crippen LogP contribution in [0.2, 0.25) is 0 Å². The van der Waals surface area contributed by atoms with Gasteiger partial charge in [0.05, 0.1) is 18.9 Å². The summed E-state index contributed by atoms with van der Waals surface area (Å²) in [5.74, 6) is -0.130. The molecule has 0 fully saturated rings. The number of rotatable bonds is 7. The zero-order valence-electron chi connectivity index (χ0n) is 16.7. The van der Waals surface area contributed by atoms with E-state index >= 15 is 0 Å². The zero-order chi connectivity index (χ0) is 22.4. The molecule has 31 heavy (non-hydrogen) atoms.